The van der Waals surface area contributed by atoms with E-state index < -0.39 is 39.2 Å². The minimum absolute atomic E-state index is 0.0529. The Morgan fingerprint density at radius 1 is 1.12 bits per heavy atom. The maximum Gasteiger partial charge on any atom is 0.345 e. The zero-order valence-corrected chi connectivity index (χ0v) is 24.9. The summed E-state index contributed by atoms with van der Waals surface area (Å²) >= 11 is 12.1. The monoisotopic (exact) mass is 650 g/mol. The largest absolute Gasteiger partial charge is 0.367 e. The fourth-order valence-electron chi connectivity index (χ4n) is 3.97. The molecule has 13 nitrogen and oxygen atoms in total. The maximum atomic E-state index is 13.5. The fourth-order valence-corrected chi connectivity index (χ4v) is 8.26. The predicted octanol–water partition coefficient (Wildman–Crippen LogP) is 2.67. The molecule has 0 radical (unpaired) electrons. The molecule has 40 heavy (non-hydrogen) atoms. The van der Waals surface area contributed by atoms with E-state index in [9.17, 15) is 31.2 Å². The molecule has 0 bridgehead atoms. The van der Waals surface area contributed by atoms with Gasteiger partial charge in [-0.3, -0.25) is 13.4 Å². The number of hydrogen-bond acceptors (Lipinski definition) is 8. The second kappa shape index (κ2) is 11.8. The first-order chi connectivity index (χ1) is 18.6. The Morgan fingerprint density at radius 3 is 2.50 bits per heavy atom. The standard InChI is InChI=1S/C22H25Cl2N6O7PS2/c1-39(34,35)28-6-5-25-21-12-27-22(13-26-21)29-7-4-15-8-18(2-3-20(15)29)30(14-38(31,32)33)40(36,37)19-10-16(23)9-17(24)11-19/h2-4,7-10,12-13,19,28H,5-6,11,14H2,1H3,(H,25,26)(H2,31,32,33). The minimum Gasteiger partial charge on any atom is -0.367 e. The third-order valence-electron chi connectivity index (χ3n) is 5.68. The Balaban J connectivity index is 1.60. The van der Waals surface area contributed by atoms with Crippen LogP contribution in [0, 0.1) is 0 Å². The van der Waals surface area contributed by atoms with Crippen LogP contribution < -0.4 is 14.3 Å². The van der Waals surface area contributed by atoms with Gasteiger partial charge in [0.25, 0.3) is 0 Å². The summed E-state index contributed by atoms with van der Waals surface area (Å²) in [5, 5.41) is 2.63. The Labute approximate surface area is 240 Å². The van der Waals surface area contributed by atoms with E-state index in [1.807, 2.05) is 0 Å². The lowest BCUT2D eigenvalue weighted by Gasteiger charge is -2.29. The number of sulfonamides is 2. The van der Waals surface area contributed by atoms with Crippen LogP contribution >= 0.6 is 30.8 Å². The third-order valence-corrected chi connectivity index (χ3v) is 9.77. The smallest absolute Gasteiger partial charge is 0.345 e. The van der Waals surface area contributed by atoms with E-state index in [4.69, 9.17) is 23.2 Å². The van der Waals surface area contributed by atoms with Crippen molar-refractivity contribution in [1.82, 2.24) is 19.3 Å². The highest BCUT2D eigenvalue weighted by Gasteiger charge is 2.36. The highest BCUT2D eigenvalue weighted by molar-refractivity contribution is 7.94. The van der Waals surface area contributed by atoms with Crippen LogP contribution in [0.25, 0.3) is 16.7 Å². The topological polar surface area (TPSA) is 184 Å². The van der Waals surface area contributed by atoms with Crippen molar-refractivity contribution < 1.29 is 31.2 Å². The normalized spacial score (nSPS) is 16.5. The van der Waals surface area contributed by atoms with Gasteiger partial charge in [-0.1, -0.05) is 23.2 Å². The molecule has 2 heterocycles. The molecule has 1 aromatic carbocycles. The van der Waals surface area contributed by atoms with Gasteiger partial charge in [-0.15, -0.1) is 0 Å². The average Bonchev–Trinajstić information content (AvgIpc) is 3.27. The lowest BCUT2D eigenvalue weighted by molar-refractivity contribution is 0.373. The molecule has 1 unspecified atom stereocenters. The molecular formula is C22H25Cl2N6O7PS2. The van der Waals surface area contributed by atoms with Crippen molar-refractivity contribution in [3.05, 3.63) is 65.1 Å². The number of anilines is 2. The number of hydrogen-bond donors (Lipinski definition) is 4. The molecule has 1 aliphatic carbocycles. The molecule has 18 heteroatoms. The van der Waals surface area contributed by atoms with Crippen LogP contribution in [0.1, 0.15) is 6.42 Å². The zero-order valence-electron chi connectivity index (χ0n) is 20.8. The van der Waals surface area contributed by atoms with Crippen LogP contribution in [0.4, 0.5) is 11.5 Å². The van der Waals surface area contributed by atoms with Crippen LogP contribution in [-0.2, 0) is 24.6 Å². The Bertz CT molecular complexity index is 1740. The van der Waals surface area contributed by atoms with Crippen molar-refractivity contribution in [3.63, 3.8) is 0 Å². The van der Waals surface area contributed by atoms with E-state index in [2.05, 4.69) is 20.0 Å². The molecule has 0 fully saturated rings. The lowest BCUT2D eigenvalue weighted by atomic mass is 10.2. The molecule has 0 spiro atoms. The summed E-state index contributed by atoms with van der Waals surface area (Å²) < 4.78 is 66.0. The molecule has 0 aliphatic heterocycles. The maximum absolute atomic E-state index is 13.5. The van der Waals surface area contributed by atoms with Crippen LogP contribution in [-0.4, -0.2) is 72.0 Å². The van der Waals surface area contributed by atoms with Crippen molar-refractivity contribution in [2.45, 2.75) is 11.7 Å². The van der Waals surface area contributed by atoms with Gasteiger partial charge in [0.05, 0.1) is 29.9 Å². The first kappa shape index (κ1) is 30.5. The van der Waals surface area contributed by atoms with Crippen molar-refractivity contribution in [3.8, 4) is 5.82 Å². The predicted molar refractivity (Wildman–Crippen MR) is 155 cm³/mol. The van der Waals surface area contributed by atoms with Crippen molar-refractivity contribution in [2.75, 3.05) is 35.3 Å². The second-order valence-electron chi connectivity index (χ2n) is 8.87. The summed E-state index contributed by atoms with van der Waals surface area (Å²) in [4.78, 5) is 28.0. The van der Waals surface area contributed by atoms with E-state index in [0.29, 0.717) is 33.4 Å². The van der Waals surface area contributed by atoms with E-state index in [1.54, 1.807) is 22.9 Å². The summed E-state index contributed by atoms with van der Waals surface area (Å²) in [6.07, 6.45) is 7.28. The lowest BCUT2D eigenvalue weighted by Crippen LogP contribution is -2.39. The van der Waals surface area contributed by atoms with Gasteiger partial charge in [0.15, 0.2) is 5.82 Å². The summed E-state index contributed by atoms with van der Waals surface area (Å²) in [5.74, 6) is 0.883. The molecule has 0 saturated heterocycles. The van der Waals surface area contributed by atoms with Crippen molar-refractivity contribution >= 4 is 73.3 Å². The molecule has 1 atom stereocenters. The Hall–Kier alpha value is -2.49. The molecule has 4 N–H and O–H groups in total. The molecule has 1 aliphatic rings. The first-order valence-electron chi connectivity index (χ1n) is 11.5. The van der Waals surface area contributed by atoms with Gasteiger partial charge in [-0.25, -0.2) is 31.5 Å². The Kier molecular flexibility index (Phi) is 8.97. The number of aromatic nitrogens is 3. The minimum atomic E-state index is -4.81. The SMILES string of the molecule is CS(=O)(=O)NCCNc1cnc(-n2ccc3cc(N(CP(=O)(O)O)S(=O)(=O)C4C=C(Cl)C=C(Cl)C4)ccc32)cn1. The van der Waals surface area contributed by atoms with E-state index >= 15 is 0 Å². The fraction of sp³-hybridized carbons (Fsp3) is 0.273. The molecule has 216 valence electrons. The number of halogens is 2. The number of nitrogens with zero attached hydrogens (tertiary/aromatic N) is 4. The summed E-state index contributed by atoms with van der Waals surface area (Å²) in [7, 11) is -12.4. The van der Waals surface area contributed by atoms with Gasteiger partial charge in [-0.05, 0) is 36.4 Å². The molecule has 3 aromatic rings. The molecule has 2 aromatic heterocycles. The Morgan fingerprint density at radius 2 is 1.88 bits per heavy atom. The quantitative estimate of drug-likeness (QED) is 0.178. The number of rotatable bonds is 11. The van der Waals surface area contributed by atoms with Crippen LogP contribution in [0.2, 0.25) is 0 Å². The average molecular weight is 651 g/mol. The summed E-state index contributed by atoms with van der Waals surface area (Å²) in [6, 6.07) is 6.25. The zero-order chi connectivity index (χ0) is 29.3. The van der Waals surface area contributed by atoms with E-state index in [-0.39, 0.29) is 28.7 Å². The van der Waals surface area contributed by atoms with Crippen LogP contribution in [0.3, 0.4) is 0 Å². The summed E-state index contributed by atoms with van der Waals surface area (Å²) in [6.45, 7) is 0.477. The number of allylic oxidation sites excluding steroid dienone is 3. The van der Waals surface area contributed by atoms with Crippen molar-refractivity contribution in [1.29, 1.82) is 0 Å². The first-order valence-corrected chi connectivity index (χ1v) is 17.5. The van der Waals surface area contributed by atoms with Crippen LogP contribution in [0.5, 0.6) is 0 Å². The van der Waals surface area contributed by atoms with Gasteiger partial charge in [0, 0.05) is 41.2 Å². The highest BCUT2D eigenvalue weighted by atomic mass is 35.5. The molecular weight excluding hydrogens is 626 g/mol. The summed E-state index contributed by atoms with van der Waals surface area (Å²) in [5.41, 5.74) is 0.688. The van der Waals surface area contributed by atoms with E-state index in [1.165, 1.54) is 36.7 Å². The van der Waals surface area contributed by atoms with Crippen molar-refractivity contribution in [2.24, 2.45) is 0 Å². The second-order valence-corrected chi connectivity index (χ2v) is 15.3. The van der Waals surface area contributed by atoms with Crippen LogP contribution in [0.15, 0.2) is 65.1 Å². The highest BCUT2D eigenvalue weighted by Crippen LogP contribution is 2.41. The molecule has 0 saturated carbocycles. The molecule has 0 amide bonds. The van der Waals surface area contributed by atoms with Gasteiger partial charge >= 0.3 is 7.60 Å². The van der Waals surface area contributed by atoms with Gasteiger partial charge < -0.3 is 15.1 Å². The number of fused-ring (bicyclic) bond motifs is 1. The molecule has 4 rings (SSSR count). The van der Waals surface area contributed by atoms with Gasteiger partial charge in [0.1, 0.15) is 17.4 Å². The van der Waals surface area contributed by atoms with Gasteiger partial charge in [-0.2, -0.15) is 0 Å². The van der Waals surface area contributed by atoms with E-state index in [0.717, 1.165) is 6.26 Å². The van der Waals surface area contributed by atoms with Gasteiger partial charge in [0.2, 0.25) is 20.0 Å². The number of benzene rings is 1. The number of nitrogens with one attached hydrogen (secondary N) is 2. The third kappa shape index (κ3) is 7.62.